The molecule has 2 N–H and O–H groups in total. The highest BCUT2D eigenvalue weighted by Gasteiger charge is 2.39. The molecular formula is C15H28N4O. The number of fused-ring (bicyclic) bond motifs is 2. The predicted molar refractivity (Wildman–Crippen MR) is 79.4 cm³/mol. The van der Waals surface area contributed by atoms with E-state index in [0.717, 1.165) is 44.8 Å². The van der Waals surface area contributed by atoms with E-state index in [0.29, 0.717) is 6.04 Å². The third kappa shape index (κ3) is 3.00. The van der Waals surface area contributed by atoms with Crippen LogP contribution >= 0.6 is 0 Å². The van der Waals surface area contributed by atoms with Gasteiger partial charge in [-0.2, -0.15) is 0 Å². The van der Waals surface area contributed by atoms with Crippen molar-refractivity contribution in [2.45, 2.75) is 50.7 Å². The molecule has 3 aliphatic heterocycles. The number of piperidine rings is 1. The SMILES string of the molecule is CC(=O)N1CCN(CCN2[C@@H]3CC[C@H]2C[C@H](N)C3)CC1. The van der Waals surface area contributed by atoms with Gasteiger partial charge in [0, 0.05) is 64.3 Å². The monoisotopic (exact) mass is 280 g/mol. The molecule has 1 amide bonds. The number of rotatable bonds is 3. The maximum atomic E-state index is 11.3. The van der Waals surface area contributed by atoms with Crippen molar-refractivity contribution in [1.82, 2.24) is 14.7 Å². The fourth-order valence-electron chi connectivity index (χ4n) is 4.22. The Morgan fingerprint density at radius 3 is 2.20 bits per heavy atom. The zero-order chi connectivity index (χ0) is 14.1. The molecule has 3 saturated heterocycles. The van der Waals surface area contributed by atoms with Gasteiger partial charge in [0.2, 0.25) is 5.91 Å². The van der Waals surface area contributed by atoms with E-state index in [1.807, 2.05) is 4.90 Å². The van der Waals surface area contributed by atoms with E-state index in [4.69, 9.17) is 5.73 Å². The third-order valence-electron chi connectivity index (χ3n) is 5.41. The summed E-state index contributed by atoms with van der Waals surface area (Å²) in [6.07, 6.45) is 5.07. The molecule has 5 nitrogen and oxygen atoms in total. The van der Waals surface area contributed by atoms with Gasteiger partial charge in [-0.1, -0.05) is 0 Å². The van der Waals surface area contributed by atoms with Gasteiger partial charge >= 0.3 is 0 Å². The molecule has 3 heterocycles. The van der Waals surface area contributed by atoms with Crippen molar-refractivity contribution in [3.05, 3.63) is 0 Å². The Bertz CT molecular complexity index is 340. The summed E-state index contributed by atoms with van der Waals surface area (Å²) in [6.45, 7) is 7.85. The molecule has 0 aromatic rings. The zero-order valence-corrected chi connectivity index (χ0v) is 12.6. The first kappa shape index (κ1) is 14.3. The van der Waals surface area contributed by atoms with Crippen LogP contribution < -0.4 is 5.73 Å². The summed E-state index contributed by atoms with van der Waals surface area (Å²) in [7, 11) is 0. The van der Waals surface area contributed by atoms with Crippen LogP contribution in [-0.4, -0.2) is 78.0 Å². The number of carbonyl (C=O) groups is 1. The van der Waals surface area contributed by atoms with Crippen LogP contribution in [0.15, 0.2) is 0 Å². The van der Waals surface area contributed by atoms with E-state index >= 15 is 0 Å². The molecule has 0 unspecified atom stereocenters. The Balaban J connectivity index is 1.43. The van der Waals surface area contributed by atoms with Crippen LogP contribution in [0, 0.1) is 0 Å². The summed E-state index contributed by atoms with van der Waals surface area (Å²) in [5.41, 5.74) is 6.13. The summed E-state index contributed by atoms with van der Waals surface area (Å²) in [6, 6.07) is 1.91. The number of amides is 1. The van der Waals surface area contributed by atoms with Crippen LogP contribution in [0.2, 0.25) is 0 Å². The van der Waals surface area contributed by atoms with Crippen LogP contribution in [0.3, 0.4) is 0 Å². The number of nitrogens with zero attached hydrogens (tertiary/aromatic N) is 3. The van der Waals surface area contributed by atoms with Crippen molar-refractivity contribution in [2.75, 3.05) is 39.3 Å². The number of nitrogens with two attached hydrogens (primary N) is 1. The lowest BCUT2D eigenvalue weighted by Crippen LogP contribution is -2.52. The van der Waals surface area contributed by atoms with Crippen molar-refractivity contribution in [1.29, 1.82) is 0 Å². The van der Waals surface area contributed by atoms with Crippen LogP contribution in [-0.2, 0) is 4.79 Å². The maximum Gasteiger partial charge on any atom is 0.219 e. The molecule has 114 valence electrons. The second-order valence-corrected chi connectivity index (χ2v) is 6.70. The average Bonchev–Trinajstić information content (AvgIpc) is 2.67. The Hall–Kier alpha value is -0.650. The van der Waals surface area contributed by atoms with Gasteiger partial charge in [0.15, 0.2) is 0 Å². The van der Waals surface area contributed by atoms with Crippen LogP contribution in [0.1, 0.15) is 32.6 Å². The van der Waals surface area contributed by atoms with Crippen molar-refractivity contribution in [3.8, 4) is 0 Å². The molecule has 3 atom stereocenters. The molecule has 0 aromatic carbocycles. The largest absolute Gasteiger partial charge is 0.340 e. The summed E-state index contributed by atoms with van der Waals surface area (Å²) < 4.78 is 0. The Morgan fingerprint density at radius 1 is 1.05 bits per heavy atom. The lowest BCUT2D eigenvalue weighted by Gasteiger charge is -2.40. The first-order chi connectivity index (χ1) is 9.63. The van der Waals surface area contributed by atoms with Crippen molar-refractivity contribution in [3.63, 3.8) is 0 Å². The van der Waals surface area contributed by atoms with Gasteiger partial charge in [-0.25, -0.2) is 0 Å². The van der Waals surface area contributed by atoms with E-state index in [9.17, 15) is 4.79 Å². The molecule has 3 aliphatic rings. The quantitative estimate of drug-likeness (QED) is 0.797. The second kappa shape index (κ2) is 6.00. The van der Waals surface area contributed by atoms with E-state index in [1.165, 1.54) is 32.2 Å². The lowest BCUT2D eigenvalue weighted by atomic mass is 9.98. The number of carbonyl (C=O) groups excluding carboxylic acids is 1. The topological polar surface area (TPSA) is 52.8 Å². The Labute approximate surface area is 122 Å². The Morgan fingerprint density at radius 2 is 1.65 bits per heavy atom. The van der Waals surface area contributed by atoms with Crippen molar-refractivity contribution >= 4 is 5.91 Å². The van der Waals surface area contributed by atoms with Crippen molar-refractivity contribution < 1.29 is 4.79 Å². The van der Waals surface area contributed by atoms with E-state index in [-0.39, 0.29) is 5.91 Å². The number of hydrogen-bond acceptors (Lipinski definition) is 4. The molecule has 0 radical (unpaired) electrons. The average molecular weight is 280 g/mol. The lowest BCUT2D eigenvalue weighted by molar-refractivity contribution is -0.130. The normalized spacial score (nSPS) is 35.5. The molecule has 5 heteroatoms. The second-order valence-electron chi connectivity index (χ2n) is 6.70. The molecule has 3 rings (SSSR count). The van der Waals surface area contributed by atoms with Gasteiger partial charge in [0.25, 0.3) is 0 Å². The van der Waals surface area contributed by atoms with Gasteiger partial charge in [0.1, 0.15) is 0 Å². The third-order valence-corrected chi connectivity index (χ3v) is 5.41. The van der Waals surface area contributed by atoms with Crippen LogP contribution in [0.4, 0.5) is 0 Å². The standard InChI is InChI=1S/C15H28N4O/c1-12(20)18-7-4-17(5-8-18)6-9-19-14-2-3-15(19)11-13(16)10-14/h13-15H,2-11,16H2,1H3/t13-,14-,15+. The minimum absolute atomic E-state index is 0.215. The predicted octanol–water partition coefficient (Wildman–Crippen LogP) is 0.105. The highest BCUT2D eigenvalue weighted by Crippen LogP contribution is 2.34. The summed E-state index contributed by atoms with van der Waals surface area (Å²) in [5.74, 6) is 0.215. The molecule has 20 heavy (non-hydrogen) atoms. The van der Waals surface area contributed by atoms with Gasteiger partial charge in [-0.05, 0) is 25.7 Å². The maximum absolute atomic E-state index is 11.3. The Kier molecular flexibility index (Phi) is 4.29. The first-order valence-electron chi connectivity index (χ1n) is 8.12. The minimum atomic E-state index is 0.215. The zero-order valence-electron chi connectivity index (χ0n) is 12.6. The smallest absolute Gasteiger partial charge is 0.219 e. The highest BCUT2D eigenvalue weighted by molar-refractivity contribution is 5.73. The molecule has 0 spiro atoms. The van der Waals surface area contributed by atoms with Gasteiger partial charge in [-0.3, -0.25) is 14.6 Å². The highest BCUT2D eigenvalue weighted by atomic mass is 16.2. The fraction of sp³-hybridized carbons (Fsp3) is 0.933. The number of piperazine rings is 1. The number of hydrogen-bond donors (Lipinski definition) is 1. The van der Waals surface area contributed by atoms with Gasteiger partial charge in [0.05, 0.1) is 0 Å². The summed E-state index contributed by atoms with van der Waals surface area (Å²) in [5, 5.41) is 0. The van der Waals surface area contributed by atoms with E-state index in [2.05, 4.69) is 9.80 Å². The first-order valence-corrected chi connectivity index (χ1v) is 8.12. The molecule has 2 bridgehead atoms. The molecule has 3 fully saturated rings. The molecule has 0 aliphatic carbocycles. The summed E-state index contributed by atoms with van der Waals surface area (Å²) in [4.78, 5) is 18.5. The van der Waals surface area contributed by atoms with Crippen LogP contribution in [0.5, 0.6) is 0 Å². The van der Waals surface area contributed by atoms with Gasteiger partial charge < -0.3 is 10.6 Å². The fourth-order valence-corrected chi connectivity index (χ4v) is 4.22. The minimum Gasteiger partial charge on any atom is -0.340 e. The van der Waals surface area contributed by atoms with Crippen LogP contribution in [0.25, 0.3) is 0 Å². The van der Waals surface area contributed by atoms with E-state index < -0.39 is 0 Å². The molecule has 0 aromatic heterocycles. The van der Waals surface area contributed by atoms with Gasteiger partial charge in [-0.15, -0.1) is 0 Å². The summed E-state index contributed by atoms with van der Waals surface area (Å²) >= 11 is 0. The van der Waals surface area contributed by atoms with Crippen molar-refractivity contribution in [2.24, 2.45) is 5.73 Å². The molecular weight excluding hydrogens is 252 g/mol. The van der Waals surface area contributed by atoms with E-state index in [1.54, 1.807) is 6.92 Å². The molecule has 0 saturated carbocycles.